The maximum Gasteiger partial charge on any atom is 0.348 e. The van der Waals surface area contributed by atoms with Crippen molar-refractivity contribution >= 4 is 17.3 Å². The summed E-state index contributed by atoms with van der Waals surface area (Å²) in [7, 11) is 0. The molecule has 2 aromatic rings. The van der Waals surface area contributed by atoms with Crippen LogP contribution in [0.15, 0.2) is 24.4 Å². The maximum absolute atomic E-state index is 11.4. The Hall–Kier alpha value is -1.62. The van der Waals surface area contributed by atoms with E-state index in [1.165, 1.54) is 11.3 Å². The third kappa shape index (κ3) is 2.07. The number of carbonyl (C=O) groups excluding carboxylic acids is 1. The highest BCUT2D eigenvalue weighted by Gasteiger charge is 2.11. The summed E-state index contributed by atoms with van der Waals surface area (Å²) >= 11 is 1.39. The summed E-state index contributed by atoms with van der Waals surface area (Å²) in [5.41, 5.74) is 0.913. The Morgan fingerprint density at radius 2 is 2.40 bits per heavy atom. The predicted molar refractivity (Wildman–Crippen MR) is 57.9 cm³/mol. The van der Waals surface area contributed by atoms with E-state index in [2.05, 4.69) is 10.2 Å². The van der Waals surface area contributed by atoms with Crippen molar-refractivity contribution in [3.63, 3.8) is 0 Å². The van der Waals surface area contributed by atoms with Crippen LogP contribution in [0.2, 0.25) is 0 Å². The molecule has 0 spiro atoms. The van der Waals surface area contributed by atoms with Crippen molar-refractivity contribution in [3.05, 3.63) is 29.3 Å². The van der Waals surface area contributed by atoms with E-state index in [4.69, 9.17) is 4.74 Å². The molecule has 0 saturated heterocycles. The van der Waals surface area contributed by atoms with E-state index in [0.29, 0.717) is 11.5 Å². The first-order valence-electron chi connectivity index (χ1n) is 4.58. The van der Waals surface area contributed by atoms with E-state index >= 15 is 0 Å². The molecule has 0 aliphatic carbocycles. The lowest BCUT2D eigenvalue weighted by Crippen LogP contribution is -2.01. The standard InChI is InChI=1S/C10H10N2O2S/c1-2-14-10(13)9-4-3-8(15-9)7-5-6-11-12-7/h3-6H,2H2,1H3,(H,11,12). The number of hydrogen-bond donors (Lipinski definition) is 1. The van der Waals surface area contributed by atoms with E-state index in [1.807, 2.05) is 12.1 Å². The molecule has 0 bridgehead atoms. The number of thiophene rings is 1. The molecule has 2 rings (SSSR count). The molecule has 0 amide bonds. The highest BCUT2D eigenvalue weighted by Crippen LogP contribution is 2.26. The molecule has 0 aliphatic rings. The van der Waals surface area contributed by atoms with Crippen molar-refractivity contribution in [1.29, 1.82) is 0 Å². The Balaban J connectivity index is 2.21. The fourth-order valence-corrected chi connectivity index (χ4v) is 2.06. The minimum Gasteiger partial charge on any atom is -0.462 e. The molecular formula is C10H10N2O2S. The molecule has 0 atom stereocenters. The van der Waals surface area contributed by atoms with Gasteiger partial charge in [0.15, 0.2) is 0 Å². The van der Waals surface area contributed by atoms with Gasteiger partial charge < -0.3 is 4.74 Å². The van der Waals surface area contributed by atoms with Gasteiger partial charge in [0, 0.05) is 6.20 Å². The van der Waals surface area contributed by atoms with Gasteiger partial charge in [0.05, 0.1) is 17.2 Å². The summed E-state index contributed by atoms with van der Waals surface area (Å²) in [5, 5.41) is 6.70. The summed E-state index contributed by atoms with van der Waals surface area (Å²) in [6.45, 7) is 2.19. The average Bonchev–Trinajstić information content (AvgIpc) is 2.89. The second-order valence-corrected chi connectivity index (χ2v) is 3.94. The lowest BCUT2D eigenvalue weighted by molar-refractivity contribution is 0.0532. The molecule has 1 N–H and O–H groups in total. The second-order valence-electron chi connectivity index (χ2n) is 2.85. The van der Waals surface area contributed by atoms with Crippen LogP contribution in [0.25, 0.3) is 10.6 Å². The monoisotopic (exact) mass is 222 g/mol. The Labute approximate surface area is 90.9 Å². The van der Waals surface area contributed by atoms with Gasteiger partial charge in [-0.25, -0.2) is 4.79 Å². The molecular weight excluding hydrogens is 212 g/mol. The lowest BCUT2D eigenvalue weighted by Gasteiger charge is -1.96. The van der Waals surface area contributed by atoms with Gasteiger partial charge in [-0.3, -0.25) is 5.10 Å². The van der Waals surface area contributed by atoms with Gasteiger partial charge in [-0.15, -0.1) is 11.3 Å². The molecule has 0 radical (unpaired) electrons. The predicted octanol–water partition coefficient (Wildman–Crippen LogP) is 2.31. The van der Waals surface area contributed by atoms with Crippen molar-refractivity contribution in [2.24, 2.45) is 0 Å². The summed E-state index contributed by atoms with van der Waals surface area (Å²) in [5.74, 6) is -0.270. The van der Waals surface area contributed by atoms with Crippen molar-refractivity contribution in [3.8, 4) is 10.6 Å². The van der Waals surface area contributed by atoms with Gasteiger partial charge in [-0.1, -0.05) is 0 Å². The number of aromatic nitrogens is 2. The first-order valence-corrected chi connectivity index (χ1v) is 5.39. The van der Waals surface area contributed by atoms with Gasteiger partial charge in [-0.05, 0) is 25.1 Å². The van der Waals surface area contributed by atoms with E-state index in [9.17, 15) is 4.79 Å². The van der Waals surface area contributed by atoms with Crippen LogP contribution >= 0.6 is 11.3 Å². The Morgan fingerprint density at radius 1 is 1.53 bits per heavy atom. The SMILES string of the molecule is CCOC(=O)c1ccc(-c2ccn[nH]2)s1. The van der Waals surface area contributed by atoms with E-state index < -0.39 is 0 Å². The number of carbonyl (C=O) groups is 1. The molecule has 0 saturated carbocycles. The van der Waals surface area contributed by atoms with E-state index in [-0.39, 0.29) is 5.97 Å². The van der Waals surface area contributed by atoms with Crippen molar-refractivity contribution in [1.82, 2.24) is 10.2 Å². The molecule has 0 aromatic carbocycles. The van der Waals surface area contributed by atoms with Crippen molar-refractivity contribution in [2.75, 3.05) is 6.61 Å². The van der Waals surface area contributed by atoms with Crippen molar-refractivity contribution < 1.29 is 9.53 Å². The number of nitrogens with zero attached hydrogens (tertiary/aromatic N) is 1. The molecule has 4 nitrogen and oxygen atoms in total. The van der Waals surface area contributed by atoms with Crippen LogP contribution in [0, 0.1) is 0 Å². The number of rotatable bonds is 3. The number of aromatic amines is 1. The fraction of sp³-hybridized carbons (Fsp3) is 0.200. The quantitative estimate of drug-likeness (QED) is 0.811. The van der Waals surface area contributed by atoms with Crippen molar-refractivity contribution in [2.45, 2.75) is 6.92 Å². The summed E-state index contributed by atoms with van der Waals surface area (Å²) in [6.07, 6.45) is 1.68. The molecule has 0 unspecified atom stereocenters. The largest absolute Gasteiger partial charge is 0.462 e. The summed E-state index contributed by atoms with van der Waals surface area (Å²) < 4.78 is 4.90. The average molecular weight is 222 g/mol. The highest BCUT2D eigenvalue weighted by molar-refractivity contribution is 7.17. The van der Waals surface area contributed by atoms with E-state index in [0.717, 1.165) is 10.6 Å². The first-order chi connectivity index (χ1) is 7.31. The molecule has 15 heavy (non-hydrogen) atoms. The lowest BCUT2D eigenvalue weighted by atomic mass is 10.3. The number of ether oxygens (including phenoxy) is 1. The first kappa shape index (κ1) is 9.92. The third-order valence-electron chi connectivity index (χ3n) is 1.85. The zero-order valence-electron chi connectivity index (χ0n) is 8.19. The normalized spacial score (nSPS) is 10.2. The smallest absolute Gasteiger partial charge is 0.348 e. The third-order valence-corrected chi connectivity index (χ3v) is 2.95. The summed E-state index contributed by atoms with van der Waals surface area (Å²) in [6, 6.07) is 5.50. The van der Waals surface area contributed by atoms with Gasteiger partial charge in [0.25, 0.3) is 0 Å². The minimum atomic E-state index is -0.270. The number of hydrogen-bond acceptors (Lipinski definition) is 4. The van der Waals surface area contributed by atoms with Crippen LogP contribution in [0.5, 0.6) is 0 Å². The Morgan fingerprint density at radius 3 is 3.07 bits per heavy atom. The Kier molecular flexibility index (Phi) is 2.82. The Bertz CT molecular complexity index is 448. The highest BCUT2D eigenvalue weighted by atomic mass is 32.1. The van der Waals surface area contributed by atoms with Gasteiger partial charge >= 0.3 is 5.97 Å². The van der Waals surface area contributed by atoms with Gasteiger partial charge in [-0.2, -0.15) is 5.10 Å². The number of nitrogens with one attached hydrogen (secondary N) is 1. The van der Waals surface area contributed by atoms with Crippen LogP contribution in [0.4, 0.5) is 0 Å². The number of esters is 1. The number of H-pyrrole nitrogens is 1. The molecule has 5 heteroatoms. The maximum atomic E-state index is 11.4. The van der Waals surface area contributed by atoms with Crippen LogP contribution in [0.3, 0.4) is 0 Å². The zero-order chi connectivity index (χ0) is 10.7. The second kappa shape index (κ2) is 4.27. The molecule has 0 fully saturated rings. The van der Waals surface area contributed by atoms with Crippen LogP contribution in [-0.2, 0) is 4.74 Å². The molecule has 78 valence electrons. The van der Waals surface area contributed by atoms with Gasteiger partial charge in [0.2, 0.25) is 0 Å². The minimum absolute atomic E-state index is 0.270. The van der Waals surface area contributed by atoms with Gasteiger partial charge in [0.1, 0.15) is 4.88 Å². The zero-order valence-corrected chi connectivity index (χ0v) is 9.00. The molecule has 2 heterocycles. The van der Waals surface area contributed by atoms with Crippen LogP contribution in [-0.4, -0.2) is 22.8 Å². The molecule has 2 aromatic heterocycles. The topological polar surface area (TPSA) is 55.0 Å². The van der Waals surface area contributed by atoms with E-state index in [1.54, 1.807) is 19.2 Å². The summed E-state index contributed by atoms with van der Waals surface area (Å²) in [4.78, 5) is 13.0. The van der Waals surface area contributed by atoms with Crippen LogP contribution < -0.4 is 0 Å². The molecule has 0 aliphatic heterocycles. The van der Waals surface area contributed by atoms with Crippen LogP contribution in [0.1, 0.15) is 16.6 Å². The fourth-order valence-electron chi connectivity index (χ4n) is 1.19.